The van der Waals surface area contributed by atoms with Crippen molar-refractivity contribution in [3.63, 3.8) is 0 Å². The van der Waals surface area contributed by atoms with Crippen LogP contribution in [0, 0.1) is 5.82 Å². The summed E-state index contributed by atoms with van der Waals surface area (Å²) in [5.41, 5.74) is 1.43. The molecule has 1 N–H and O–H groups in total. The number of nitrogens with zero attached hydrogens (tertiary/aromatic N) is 5. The van der Waals surface area contributed by atoms with Crippen LogP contribution >= 0.6 is 11.6 Å². The van der Waals surface area contributed by atoms with E-state index in [-0.39, 0.29) is 11.7 Å². The number of rotatable bonds is 4. The van der Waals surface area contributed by atoms with Crippen molar-refractivity contribution in [1.82, 2.24) is 20.1 Å². The van der Waals surface area contributed by atoms with E-state index >= 15 is 0 Å². The zero-order valence-electron chi connectivity index (χ0n) is 14.7. The van der Waals surface area contributed by atoms with E-state index in [1.807, 2.05) is 0 Å². The molecule has 0 saturated carbocycles. The lowest BCUT2D eigenvalue weighted by atomic mass is 9.98. The number of anilines is 2. The van der Waals surface area contributed by atoms with Gasteiger partial charge < -0.3 is 14.7 Å². The molecule has 1 aliphatic heterocycles. The van der Waals surface area contributed by atoms with Gasteiger partial charge in [0.05, 0.1) is 5.92 Å². The molecule has 0 bridgehead atoms. The number of aromatic nitrogens is 4. The number of hydrogen-bond donors (Lipinski definition) is 1. The van der Waals surface area contributed by atoms with Gasteiger partial charge in [-0.2, -0.15) is 4.98 Å². The third kappa shape index (κ3) is 3.57. The molecule has 3 heterocycles. The van der Waals surface area contributed by atoms with Crippen molar-refractivity contribution in [3.8, 4) is 11.4 Å². The normalized spacial score (nSPS) is 17.1. The number of piperidine rings is 1. The van der Waals surface area contributed by atoms with Gasteiger partial charge in [-0.3, -0.25) is 0 Å². The second-order valence-corrected chi connectivity index (χ2v) is 6.72. The summed E-state index contributed by atoms with van der Waals surface area (Å²) in [4.78, 5) is 15.1. The minimum absolute atomic E-state index is 0.0823. The van der Waals surface area contributed by atoms with E-state index in [1.54, 1.807) is 19.2 Å². The van der Waals surface area contributed by atoms with Gasteiger partial charge in [-0.15, -0.1) is 0 Å². The fourth-order valence-corrected chi connectivity index (χ4v) is 3.52. The first-order valence-electron chi connectivity index (χ1n) is 8.68. The van der Waals surface area contributed by atoms with Crippen LogP contribution in [0.1, 0.15) is 24.7 Å². The minimum atomic E-state index is -0.297. The predicted octanol–water partition coefficient (Wildman–Crippen LogP) is 3.74. The van der Waals surface area contributed by atoms with Gasteiger partial charge in [0.25, 0.3) is 0 Å². The van der Waals surface area contributed by atoms with E-state index in [2.05, 4.69) is 30.3 Å². The van der Waals surface area contributed by atoms with E-state index in [9.17, 15) is 4.39 Å². The lowest BCUT2D eigenvalue weighted by Gasteiger charge is -2.32. The average molecular weight is 389 g/mol. The zero-order valence-corrected chi connectivity index (χ0v) is 15.4. The summed E-state index contributed by atoms with van der Waals surface area (Å²) in [6.45, 7) is 1.55. The molecule has 1 saturated heterocycles. The molecular formula is C18H18ClFN6O. The quantitative estimate of drug-likeness (QED) is 0.682. The topological polar surface area (TPSA) is 80.0 Å². The van der Waals surface area contributed by atoms with Crippen molar-refractivity contribution in [2.75, 3.05) is 30.4 Å². The Kier molecular flexibility index (Phi) is 4.89. The first-order valence-corrected chi connectivity index (χ1v) is 9.06. The number of hydrogen-bond acceptors (Lipinski definition) is 7. The van der Waals surface area contributed by atoms with Crippen LogP contribution in [0.2, 0.25) is 5.15 Å². The molecule has 7 nitrogen and oxygen atoms in total. The van der Waals surface area contributed by atoms with Crippen LogP contribution in [0.25, 0.3) is 11.4 Å². The molecular weight excluding hydrogens is 371 g/mol. The van der Waals surface area contributed by atoms with E-state index in [0.717, 1.165) is 30.8 Å². The van der Waals surface area contributed by atoms with E-state index in [4.69, 9.17) is 16.1 Å². The molecule has 0 aliphatic carbocycles. The monoisotopic (exact) mass is 388 g/mol. The van der Waals surface area contributed by atoms with Crippen molar-refractivity contribution in [2.45, 2.75) is 18.8 Å². The Morgan fingerprint density at radius 3 is 2.85 bits per heavy atom. The fourth-order valence-electron chi connectivity index (χ4n) is 3.30. The highest BCUT2D eigenvalue weighted by Crippen LogP contribution is 2.34. The second-order valence-electron chi connectivity index (χ2n) is 6.36. The highest BCUT2D eigenvalue weighted by atomic mass is 35.5. The largest absolute Gasteiger partial charge is 0.383 e. The molecule has 1 atom stereocenters. The highest BCUT2D eigenvalue weighted by molar-refractivity contribution is 6.32. The first-order chi connectivity index (χ1) is 13.2. The van der Waals surface area contributed by atoms with Gasteiger partial charge >= 0.3 is 0 Å². The van der Waals surface area contributed by atoms with Crippen LogP contribution in [0.5, 0.6) is 0 Å². The molecule has 0 radical (unpaired) electrons. The molecule has 3 aromatic rings. The van der Waals surface area contributed by atoms with Crippen molar-refractivity contribution in [2.24, 2.45) is 0 Å². The van der Waals surface area contributed by atoms with Crippen LogP contribution in [0.3, 0.4) is 0 Å². The Labute approximate surface area is 160 Å². The Morgan fingerprint density at radius 1 is 1.26 bits per heavy atom. The summed E-state index contributed by atoms with van der Waals surface area (Å²) in [6, 6.07) is 6.04. The van der Waals surface area contributed by atoms with Crippen LogP contribution in [-0.4, -0.2) is 40.2 Å². The molecule has 4 rings (SSSR count). The van der Waals surface area contributed by atoms with Crippen LogP contribution < -0.4 is 10.2 Å². The Morgan fingerprint density at radius 2 is 2.07 bits per heavy atom. The summed E-state index contributed by atoms with van der Waals surface area (Å²) < 4.78 is 18.6. The van der Waals surface area contributed by atoms with Gasteiger partial charge in [0.1, 0.15) is 17.8 Å². The maximum atomic E-state index is 13.1. The molecule has 1 aliphatic rings. The fraction of sp³-hybridized carbons (Fsp3) is 0.333. The van der Waals surface area contributed by atoms with Crippen molar-refractivity contribution >= 4 is 23.1 Å². The summed E-state index contributed by atoms with van der Waals surface area (Å²) in [5, 5.41) is 7.51. The summed E-state index contributed by atoms with van der Waals surface area (Å²) in [5.74, 6) is 1.59. The third-order valence-electron chi connectivity index (χ3n) is 4.65. The van der Waals surface area contributed by atoms with Gasteiger partial charge in [-0.05, 0) is 37.1 Å². The van der Waals surface area contributed by atoms with Crippen molar-refractivity contribution in [3.05, 3.63) is 47.5 Å². The van der Waals surface area contributed by atoms with E-state index in [1.165, 1.54) is 18.5 Å². The number of nitrogens with one attached hydrogen (secondary N) is 1. The molecule has 1 aromatic carbocycles. The standard InChI is InChI=1S/C18H18ClFN6O/c1-21-14-15(19)22-10-23-17(14)26-8-2-3-12(9-26)18-24-16(25-27-18)11-4-6-13(20)7-5-11/h4-7,10,12,21H,2-3,8-9H2,1H3. The van der Waals surface area contributed by atoms with Gasteiger partial charge in [-0.25, -0.2) is 14.4 Å². The third-order valence-corrected chi connectivity index (χ3v) is 4.93. The van der Waals surface area contributed by atoms with Crippen LogP contribution in [0.4, 0.5) is 15.9 Å². The Bertz CT molecular complexity index is 932. The molecule has 27 heavy (non-hydrogen) atoms. The smallest absolute Gasteiger partial charge is 0.231 e. The SMILES string of the molecule is CNc1c(Cl)ncnc1N1CCCC(c2nc(-c3ccc(F)cc3)no2)C1. The van der Waals surface area contributed by atoms with Crippen molar-refractivity contribution < 1.29 is 8.91 Å². The lowest BCUT2D eigenvalue weighted by molar-refractivity contribution is 0.333. The van der Waals surface area contributed by atoms with Gasteiger partial charge in [0.15, 0.2) is 11.0 Å². The molecule has 0 spiro atoms. The van der Waals surface area contributed by atoms with Crippen LogP contribution in [0.15, 0.2) is 35.1 Å². The molecule has 1 fully saturated rings. The first kappa shape index (κ1) is 17.7. The second kappa shape index (κ2) is 7.48. The van der Waals surface area contributed by atoms with Gasteiger partial charge in [0, 0.05) is 25.7 Å². The average Bonchev–Trinajstić information content (AvgIpc) is 3.19. The zero-order chi connectivity index (χ0) is 18.8. The molecule has 140 valence electrons. The Hall–Kier alpha value is -2.74. The molecule has 2 aromatic heterocycles. The summed E-state index contributed by atoms with van der Waals surface area (Å²) >= 11 is 6.18. The van der Waals surface area contributed by atoms with Crippen LogP contribution in [-0.2, 0) is 0 Å². The lowest BCUT2D eigenvalue weighted by Crippen LogP contribution is -2.35. The molecule has 1 unspecified atom stereocenters. The highest BCUT2D eigenvalue weighted by Gasteiger charge is 2.28. The Balaban J connectivity index is 1.56. The number of halogens is 2. The van der Waals surface area contributed by atoms with Gasteiger partial charge in [0.2, 0.25) is 11.7 Å². The van der Waals surface area contributed by atoms with Gasteiger partial charge in [-0.1, -0.05) is 16.8 Å². The maximum Gasteiger partial charge on any atom is 0.231 e. The number of benzene rings is 1. The van der Waals surface area contributed by atoms with E-state index < -0.39 is 0 Å². The minimum Gasteiger partial charge on any atom is -0.383 e. The summed E-state index contributed by atoms with van der Waals surface area (Å²) in [7, 11) is 1.79. The summed E-state index contributed by atoms with van der Waals surface area (Å²) in [6.07, 6.45) is 3.36. The predicted molar refractivity (Wildman–Crippen MR) is 100 cm³/mol. The molecule has 9 heteroatoms. The van der Waals surface area contributed by atoms with E-state index in [0.29, 0.717) is 29.1 Å². The van der Waals surface area contributed by atoms with Crippen molar-refractivity contribution in [1.29, 1.82) is 0 Å². The maximum absolute atomic E-state index is 13.1. The molecule has 0 amide bonds.